The SMILES string of the molecule is C[Si](C)=[Zr+2].[Cl-].[Cl-].c1ccc(-c2cccc3[cH-]c(C4CCCCC4)cc23)cc1.c1ccc(-c2cccc3[cH-]c(C4CCCCC4)cc23)cc1. The Morgan fingerprint density at radius 3 is 1.21 bits per heavy atom. The van der Waals surface area contributed by atoms with Crippen molar-refractivity contribution in [2.24, 2.45) is 0 Å². The first kappa shape index (κ1) is 38.6. The van der Waals surface area contributed by atoms with Crippen LogP contribution in [0.15, 0.2) is 121 Å². The molecule has 0 radical (unpaired) electrons. The second-order valence-corrected chi connectivity index (χ2v) is 23.0. The quantitative estimate of drug-likeness (QED) is 0.130. The summed E-state index contributed by atoms with van der Waals surface area (Å²) in [6.45, 7) is 4.62. The Labute approximate surface area is 316 Å². The second kappa shape index (κ2) is 19.2. The Balaban J connectivity index is 0.000000188. The summed E-state index contributed by atoms with van der Waals surface area (Å²) in [7, 11) is 0. The zero-order valence-electron chi connectivity index (χ0n) is 28.5. The summed E-state index contributed by atoms with van der Waals surface area (Å²) >= 11 is 1.74. The van der Waals surface area contributed by atoms with Gasteiger partial charge in [-0.1, -0.05) is 122 Å². The van der Waals surface area contributed by atoms with Crippen molar-refractivity contribution in [3.63, 3.8) is 0 Å². The topological polar surface area (TPSA) is 0 Å². The van der Waals surface area contributed by atoms with Gasteiger partial charge in [0, 0.05) is 0 Å². The normalized spacial score (nSPS) is 14.9. The van der Waals surface area contributed by atoms with Gasteiger partial charge in [0.05, 0.1) is 0 Å². The van der Waals surface area contributed by atoms with Gasteiger partial charge in [-0.3, -0.25) is 0 Å². The van der Waals surface area contributed by atoms with Crippen LogP contribution in [0, 0.1) is 0 Å². The molecule has 0 unspecified atom stereocenters. The summed E-state index contributed by atoms with van der Waals surface area (Å²) in [6.07, 6.45) is 13.9. The third-order valence-electron chi connectivity index (χ3n) is 9.87. The fourth-order valence-electron chi connectivity index (χ4n) is 7.60. The Morgan fingerprint density at radius 2 is 0.854 bits per heavy atom. The van der Waals surface area contributed by atoms with E-state index in [1.807, 2.05) is 0 Å². The summed E-state index contributed by atoms with van der Waals surface area (Å²) in [5.41, 5.74) is 8.72. The molecule has 0 aromatic heterocycles. The van der Waals surface area contributed by atoms with Crippen LogP contribution >= 0.6 is 0 Å². The third-order valence-corrected chi connectivity index (χ3v) is 9.87. The molecule has 2 aliphatic rings. The van der Waals surface area contributed by atoms with Gasteiger partial charge in [-0.15, -0.1) is 69.1 Å². The molecule has 0 aliphatic heterocycles. The van der Waals surface area contributed by atoms with E-state index in [2.05, 4.69) is 134 Å². The standard InChI is InChI=1S/2C21H21.C2H6Si.2ClH.Zr/c2*1-3-8-16(9-4-1)19-14-18-12-7-13-20(21(18)15-19)17-10-5-2-6-11-17;1-3-2;;;/h2*2,5-7,10-16H,1,3-4,8-9H2;1-2H3;2*1H;/q2*-1;;;;+2/p-2. The zero-order chi connectivity index (χ0) is 31.7. The second-order valence-electron chi connectivity index (χ2n) is 13.6. The van der Waals surface area contributed by atoms with E-state index >= 15 is 0 Å². The fourth-order valence-corrected chi connectivity index (χ4v) is 7.60. The van der Waals surface area contributed by atoms with Crippen LogP contribution in [-0.4, -0.2) is 5.43 Å². The minimum Gasteiger partial charge on any atom is -1.00 e. The Bertz CT molecular complexity index is 1710. The fraction of sp³-hybridized carbons (Fsp3) is 0.318. The predicted molar refractivity (Wildman–Crippen MR) is 199 cm³/mol. The van der Waals surface area contributed by atoms with Crippen molar-refractivity contribution in [2.75, 3.05) is 0 Å². The number of fused-ring (bicyclic) bond motifs is 2. The maximum absolute atomic E-state index is 2.45. The zero-order valence-corrected chi connectivity index (χ0v) is 33.5. The van der Waals surface area contributed by atoms with E-state index in [4.69, 9.17) is 0 Å². The first-order chi connectivity index (χ1) is 22.6. The van der Waals surface area contributed by atoms with Gasteiger partial charge in [0.2, 0.25) is 0 Å². The van der Waals surface area contributed by atoms with Crippen molar-refractivity contribution in [2.45, 2.75) is 89.1 Å². The molecule has 248 valence electrons. The minimum atomic E-state index is 0. The van der Waals surface area contributed by atoms with Gasteiger partial charge in [-0.25, -0.2) is 0 Å². The molecule has 2 aliphatic carbocycles. The largest absolute Gasteiger partial charge is 1.00 e. The van der Waals surface area contributed by atoms with Crippen molar-refractivity contribution in [1.82, 2.24) is 0 Å². The van der Waals surface area contributed by atoms with Gasteiger partial charge in [0.1, 0.15) is 0 Å². The molecule has 4 heteroatoms. The van der Waals surface area contributed by atoms with Gasteiger partial charge in [-0.05, 0) is 48.6 Å². The van der Waals surface area contributed by atoms with Crippen LogP contribution in [0.25, 0.3) is 43.8 Å². The molecule has 0 atom stereocenters. The van der Waals surface area contributed by atoms with E-state index in [1.165, 1.54) is 108 Å². The molecule has 6 aromatic carbocycles. The molecule has 0 spiro atoms. The monoisotopic (exact) mass is 764 g/mol. The van der Waals surface area contributed by atoms with E-state index in [-0.39, 0.29) is 30.2 Å². The third kappa shape index (κ3) is 9.94. The first-order valence-electron chi connectivity index (χ1n) is 17.6. The van der Waals surface area contributed by atoms with E-state index in [1.54, 1.807) is 34.5 Å². The predicted octanol–water partition coefficient (Wildman–Crippen LogP) is 7.34. The molecule has 2 saturated carbocycles. The summed E-state index contributed by atoms with van der Waals surface area (Å²) in [6, 6.07) is 44.7. The van der Waals surface area contributed by atoms with Crippen LogP contribution in [0.2, 0.25) is 13.1 Å². The van der Waals surface area contributed by atoms with Crippen molar-refractivity contribution in [3.05, 3.63) is 132 Å². The molecule has 0 nitrogen and oxygen atoms in total. The molecule has 0 amide bonds. The van der Waals surface area contributed by atoms with E-state index in [9.17, 15) is 0 Å². The molecule has 8 rings (SSSR count). The molecule has 0 saturated heterocycles. The summed E-state index contributed by atoms with van der Waals surface area (Å²) in [5, 5.41) is 5.64. The van der Waals surface area contributed by atoms with Gasteiger partial charge in [0.15, 0.2) is 0 Å². The molecular weight excluding hydrogens is 719 g/mol. The maximum atomic E-state index is 2.45. The number of hydrogen-bond acceptors (Lipinski definition) is 0. The van der Waals surface area contributed by atoms with Gasteiger partial charge in [-0.2, -0.15) is 12.1 Å². The smallest absolute Gasteiger partial charge is 0.0279 e. The van der Waals surface area contributed by atoms with Crippen molar-refractivity contribution in [1.29, 1.82) is 0 Å². The Morgan fingerprint density at radius 1 is 0.500 bits per heavy atom. The van der Waals surface area contributed by atoms with Crippen LogP contribution in [-0.2, 0) is 23.3 Å². The van der Waals surface area contributed by atoms with Crippen LogP contribution in [0.3, 0.4) is 0 Å². The average molecular weight is 767 g/mol. The van der Waals surface area contributed by atoms with Gasteiger partial charge < -0.3 is 24.8 Å². The molecule has 6 aromatic rings. The number of halogens is 2. The van der Waals surface area contributed by atoms with E-state index in [0.717, 1.165) is 11.8 Å². The van der Waals surface area contributed by atoms with Crippen LogP contribution in [0.4, 0.5) is 0 Å². The van der Waals surface area contributed by atoms with Gasteiger partial charge >= 0.3 is 41.9 Å². The first-order valence-corrected chi connectivity index (χ1v) is 23.8. The van der Waals surface area contributed by atoms with Crippen LogP contribution < -0.4 is 24.8 Å². The van der Waals surface area contributed by atoms with Crippen molar-refractivity contribution >= 4 is 27.0 Å². The van der Waals surface area contributed by atoms with Crippen LogP contribution in [0.5, 0.6) is 0 Å². The van der Waals surface area contributed by atoms with Crippen molar-refractivity contribution < 1.29 is 48.1 Å². The molecule has 2 fully saturated rings. The Hall–Kier alpha value is -2.22. The minimum absolute atomic E-state index is 0. The molecular formula is C44H48Cl2SiZr-2. The summed E-state index contributed by atoms with van der Waals surface area (Å²) in [5.74, 6) is 1.57. The Kier molecular flexibility index (Phi) is 15.5. The van der Waals surface area contributed by atoms with Gasteiger partial charge in [0.25, 0.3) is 0 Å². The van der Waals surface area contributed by atoms with E-state index < -0.39 is 0 Å². The maximum Gasteiger partial charge on any atom is -0.0279 e. The molecule has 48 heavy (non-hydrogen) atoms. The molecule has 0 N–H and O–H groups in total. The molecule has 0 bridgehead atoms. The summed E-state index contributed by atoms with van der Waals surface area (Å²) < 4.78 is 0. The van der Waals surface area contributed by atoms with Crippen molar-refractivity contribution in [3.8, 4) is 22.3 Å². The molecule has 0 heterocycles. The van der Waals surface area contributed by atoms with E-state index in [0.29, 0.717) is 0 Å². The number of hydrogen-bond donors (Lipinski definition) is 0. The summed E-state index contributed by atoms with van der Waals surface area (Å²) in [4.78, 5) is 0. The average Bonchev–Trinajstić information content (AvgIpc) is 3.75. The number of rotatable bonds is 4. The number of benzene rings is 4. The van der Waals surface area contributed by atoms with Crippen LogP contribution in [0.1, 0.15) is 87.2 Å².